The number of anilines is 1. The summed E-state index contributed by atoms with van der Waals surface area (Å²) in [4.78, 5) is 26.9. The predicted molar refractivity (Wildman–Crippen MR) is 89.9 cm³/mol. The van der Waals surface area contributed by atoms with Gasteiger partial charge in [-0.3, -0.25) is 9.59 Å². The van der Waals surface area contributed by atoms with Gasteiger partial charge in [0.1, 0.15) is 0 Å². The van der Waals surface area contributed by atoms with Gasteiger partial charge in [0, 0.05) is 16.5 Å². The highest BCUT2D eigenvalue weighted by molar-refractivity contribution is 6.35. The van der Waals surface area contributed by atoms with Crippen LogP contribution in [0.2, 0.25) is 0 Å². The highest BCUT2D eigenvalue weighted by atomic mass is 16.2. The molecule has 3 aromatic carbocycles. The second kappa shape index (κ2) is 5.34. The molecule has 1 aliphatic heterocycles. The van der Waals surface area contributed by atoms with Crippen molar-refractivity contribution in [3.05, 3.63) is 77.4 Å². The van der Waals surface area contributed by atoms with E-state index >= 15 is 0 Å². The number of benzene rings is 3. The van der Waals surface area contributed by atoms with Gasteiger partial charge in [0.25, 0.3) is 11.8 Å². The second-order valence-electron chi connectivity index (χ2n) is 5.49. The van der Waals surface area contributed by atoms with Crippen molar-refractivity contribution in [3.63, 3.8) is 0 Å². The Labute approximate surface area is 133 Å². The average molecular weight is 305 g/mol. The molecule has 1 aliphatic rings. The SMILES string of the molecule is Cc1ccc(N2C(=O)c3cccc4cccc(c34)C2=O)cc1.O. The Morgan fingerprint density at radius 1 is 0.739 bits per heavy atom. The molecule has 0 saturated heterocycles. The van der Waals surface area contributed by atoms with Gasteiger partial charge < -0.3 is 5.48 Å². The van der Waals surface area contributed by atoms with Crippen LogP contribution in [0.5, 0.6) is 0 Å². The third kappa shape index (κ3) is 2.12. The van der Waals surface area contributed by atoms with Crippen molar-refractivity contribution in [1.29, 1.82) is 0 Å². The molecule has 0 fully saturated rings. The van der Waals surface area contributed by atoms with E-state index in [2.05, 4.69) is 0 Å². The lowest BCUT2D eigenvalue weighted by molar-refractivity contribution is 0.0893. The van der Waals surface area contributed by atoms with E-state index in [0.717, 1.165) is 16.3 Å². The van der Waals surface area contributed by atoms with E-state index in [1.165, 1.54) is 4.90 Å². The highest BCUT2D eigenvalue weighted by Gasteiger charge is 2.33. The molecule has 0 spiro atoms. The zero-order valence-corrected chi connectivity index (χ0v) is 12.5. The summed E-state index contributed by atoms with van der Waals surface area (Å²) in [6, 6.07) is 18.5. The van der Waals surface area contributed by atoms with E-state index in [1.807, 2.05) is 43.3 Å². The number of rotatable bonds is 1. The van der Waals surface area contributed by atoms with Crippen LogP contribution >= 0.6 is 0 Å². The summed E-state index contributed by atoms with van der Waals surface area (Å²) in [6.45, 7) is 1.97. The van der Waals surface area contributed by atoms with Crippen LogP contribution < -0.4 is 4.90 Å². The zero-order valence-electron chi connectivity index (χ0n) is 12.5. The van der Waals surface area contributed by atoms with Crippen LogP contribution in [0.3, 0.4) is 0 Å². The monoisotopic (exact) mass is 305 g/mol. The molecule has 0 atom stereocenters. The van der Waals surface area contributed by atoms with Crippen molar-refractivity contribution in [2.75, 3.05) is 4.90 Å². The first kappa shape index (κ1) is 14.9. The number of carbonyl (C=O) groups is 2. The molecular weight excluding hydrogens is 290 g/mol. The zero-order chi connectivity index (χ0) is 15.3. The molecule has 0 bridgehead atoms. The molecule has 23 heavy (non-hydrogen) atoms. The quantitative estimate of drug-likeness (QED) is 0.648. The molecule has 0 saturated carbocycles. The van der Waals surface area contributed by atoms with Crippen LogP contribution in [-0.4, -0.2) is 17.3 Å². The summed E-state index contributed by atoms with van der Waals surface area (Å²) >= 11 is 0. The van der Waals surface area contributed by atoms with E-state index in [9.17, 15) is 9.59 Å². The van der Waals surface area contributed by atoms with Gasteiger partial charge in [0.15, 0.2) is 0 Å². The van der Waals surface area contributed by atoms with Crippen molar-refractivity contribution in [1.82, 2.24) is 0 Å². The first-order valence-corrected chi connectivity index (χ1v) is 7.14. The van der Waals surface area contributed by atoms with Crippen LogP contribution in [-0.2, 0) is 0 Å². The molecular formula is C19H15NO3. The molecule has 2 amide bonds. The summed E-state index contributed by atoms with van der Waals surface area (Å²) in [5.41, 5.74) is 2.84. The van der Waals surface area contributed by atoms with Gasteiger partial charge in [0.05, 0.1) is 5.69 Å². The van der Waals surface area contributed by atoms with Crippen molar-refractivity contribution in [2.45, 2.75) is 6.92 Å². The number of amides is 2. The molecule has 4 nitrogen and oxygen atoms in total. The van der Waals surface area contributed by atoms with Gasteiger partial charge >= 0.3 is 0 Å². The van der Waals surface area contributed by atoms with Gasteiger partial charge in [-0.1, -0.05) is 42.0 Å². The smallest absolute Gasteiger partial charge is 0.265 e. The third-order valence-electron chi connectivity index (χ3n) is 4.06. The Bertz CT molecular complexity index is 878. The number of hydrogen-bond donors (Lipinski definition) is 0. The first-order chi connectivity index (χ1) is 10.7. The minimum absolute atomic E-state index is 0. The maximum atomic E-state index is 12.8. The molecule has 1 heterocycles. The van der Waals surface area contributed by atoms with Gasteiger partial charge in [0.2, 0.25) is 0 Å². The molecule has 0 aliphatic carbocycles. The van der Waals surface area contributed by atoms with E-state index in [-0.39, 0.29) is 17.3 Å². The number of carbonyl (C=O) groups excluding carboxylic acids is 2. The maximum absolute atomic E-state index is 12.8. The molecule has 3 aromatic rings. The van der Waals surface area contributed by atoms with E-state index in [1.54, 1.807) is 24.3 Å². The summed E-state index contributed by atoms with van der Waals surface area (Å²) in [5, 5.41) is 1.67. The van der Waals surface area contributed by atoms with Crippen molar-refractivity contribution in [3.8, 4) is 0 Å². The first-order valence-electron chi connectivity index (χ1n) is 7.14. The third-order valence-corrected chi connectivity index (χ3v) is 4.06. The topological polar surface area (TPSA) is 68.9 Å². The van der Waals surface area contributed by atoms with Crippen LogP contribution in [0.25, 0.3) is 10.8 Å². The summed E-state index contributed by atoms with van der Waals surface area (Å²) in [7, 11) is 0. The number of hydrogen-bond acceptors (Lipinski definition) is 2. The second-order valence-corrected chi connectivity index (χ2v) is 5.49. The fourth-order valence-corrected chi connectivity index (χ4v) is 2.96. The minimum Gasteiger partial charge on any atom is -0.412 e. The molecule has 2 N–H and O–H groups in total. The Morgan fingerprint density at radius 2 is 1.26 bits per heavy atom. The Morgan fingerprint density at radius 3 is 1.78 bits per heavy atom. The van der Waals surface area contributed by atoms with Crippen LogP contribution in [0.1, 0.15) is 26.3 Å². The Kier molecular flexibility index (Phi) is 3.47. The minimum atomic E-state index is -0.266. The summed E-state index contributed by atoms with van der Waals surface area (Å²) in [6.07, 6.45) is 0. The highest BCUT2D eigenvalue weighted by Crippen LogP contribution is 2.32. The van der Waals surface area contributed by atoms with Crippen LogP contribution in [0.15, 0.2) is 60.7 Å². The summed E-state index contributed by atoms with van der Waals surface area (Å²) < 4.78 is 0. The van der Waals surface area contributed by atoms with Gasteiger partial charge in [-0.05, 0) is 36.6 Å². The van der Waals surface area contributed by atoms with Gasteiger partial charge in [-0.15, -0.1) is 0 Å². The molecule has 4 rings (SSSR count). The molecule has 0 radical (unpaired) electrons. The lowest BCUT2D eigenvalue weighted by Gasteiger charge is -2.27. The predicted octanol–water partition coefficient (Wildman–Crippen LogP) is 3.12. The van der Waals surface area contributed by atoms with Gasteiger partial charge in [-0.25, -0.2) is 4.90 Å². The van der Waals surface area contributed by atoms with Gasteiger partial charge in [-0.2, -0.15) is 0 Å². The van der Waals surface area contributed by atoms with E-state index < -0.39 is 0 Å². The van der Waals surface area contributed by atoms with E-state index in [0.29, 0.717) is 16.8 Å². The fourth-order valence-electron chi connectivity index (χ4n) is 2.96. The number of imide groups is 1. The number of nitrogens with zero attached hydrogens (tertiary/aromatic N) is 1. The lowest BCUT2D eigenvalue weighted by atomic mass is 9.94. The largest absolute Gasteiger partial charge is 0.412 e. The molecule has 0 aromatic heterocycles. The lowest BCUT2D eigenvalue weighted by Crippen LogP contribution is -2.40. The normalized spacial score (nSPS) is 13.2. The van der Waals surface area contributed by atoms with Crippen LogP contribution in [0.4, 0.5) is 5.69 Å². The maximum Gasteiger partial charge on any atom is 0.265 e. The van der Waals surface area contributed by atoms with Crippen molar-refractivity contribution < 1.29 is 15.1 Å². The fraction of sp³-hybridized carbons (Fsp3) is 0.0526. The average Bonchev–Trinajstić information content (AvgIpc) is 2.54. The Balaban J connectivity index is 0.00000156. The summed E-state index contributed by atoms with van der Waals surface area (Å²) in [5.74, 6) is -0.531. The molecule has 4 heteroatoms. The number of aryl methyl sites for hydroxylation is 1. The Hall–Kier alpha value is -2.98. The standard InChI is InChI=1S/C19H13NO2.H2O/c1-12-8-10-14(11-9-12)20-18(21)15-6-2-4-13-5-3-7-16(17(13)15)19(20)22;/h2-11H,1H3;1H2. The van der Waals surface area contributed by atoms with Crippen molar-refractivity contribution in [2.24, 2.45) is 0 Å². The van der Waals surface area contributed by atoms with Crippen molar-refractivity contribution >= 4 is 28.3 Å². The molecule has 114 valence electrons. The van der Waals surface area contributed by atoms with E-state index in [4.69, 9.17) is 0 Å². The van der Waals surface area contributed by atoms with Crippen LogP contribution in [0, 0.1) is 6.92 Å². The molecule has 0 unspecified atom stereocenters.